The number of amides is 2. The molecule has 1 fully saturated rings. The molecule has 2 aromatic rings. The number of hydrogen-bond acceptors (Lipinski definition) is 5. The summed E-state index contributed by atoms with van der Waals surface area (Å²) in [5.41, 5.74) is 0.656. The lowest BCUT2D eigenvalue weighted by Gasteiger charge is -2.16. The molecule has 1 aliphatic carbocycles. The summed E-state index contributed by atoms with van der Waals surface area (Å²) in [6.07, 6.45) is 2.78. The van der Waals surface area contributed by atoms with Gasteiger partial charge in [0, 0.05) is 12.7 Å². The van der Waals surface area contributed by atoms with Crippen LogP contribution in [0.15, 0.2) is 42.6 Å². The first kappa shape index (κ1) is 18.7. The van der Waals surface area contributed by atoms with E-state index in [2.05, 4.69) is 15.6 Å². The van der Waals surface area contributed by atoms with Crippen molar-refractivity contribution >= 4 is 11.8 Å². The molecule has 1 aromatic heterocycles. The number of nitrogens with one attached hydrogen (secondary N) is 2. The SMILES string of the molecule is COc1ccc(CNC(=O)C2(C(=O)NCc3ccccn3)CC2)cc1OC. The third-order valence-electron chi connectivity index (χ3n) is 4.68. The maximum Gasteiger partial charge on any atom is 0.236 e. The van der Waals surface area contributed by atoms with Crippen LogP contribution >= 0.6 is 0 Å². The zero-order chi connectivity index (χ0) is 19.3. The van der Waals surface area contributed by atoms with Gasteiger partial charge < -0.3 is 20.1 Å². The third-order valence-corrected chi connectivity index (χ3v) is 4.68. The first-order valence-electron chi connectivity index (χ1n) is 8.76. The van der Waals surface area contributed by atoms with E-state index in [4.69, 9.17) is 9.47 Å². The Morgan fingerprint density at radius 2 is 1.70 bits per heavy atom. The molecule has 0 saturated heterocycles. The minimum atomic E-state index is -0.967. The van der Waals surface area contributed by atoms with Gasteiger partial charge in [0.05, 0.1) is 26.5 Å². The Balaban J connectivity index is 1.56. The number of methoxy groups -OCH3 is 2. The maximum atomic E-state index is 12.6. The highest BCUT2D eigenvalue weighted by Gasteiger charge is 2.56. The van der Waals surface area contributed by atoms with E-state index in [1.54, 1.807) is 32.5 Å². The van der Waals surface area contributed by atoms with Crippen molar-refractivity contribution in [1.29, 1.82) is 0 Å². The number of benzene rings is 1. The van der Waals surface area contributed by atoms with Gasteiger partial charge in [0.1, 0.15) is 5.41 Å². The minimum absolute atomic E-state index is 0.252. The molecule has 2 N–H and O–H groups in total. The summed E-state index contributed by atoms with van der Waals surface area (Å²) in [5.74, 6) is 0.715. The van der Waals surface area contributed by atoms with E-state index < -0.39 is 5.41 Å². The molecule has 3 rings (SSSR count). The molecule has 2 amide bonds. The molecule has 7 nitrogen and oxygen atoms in total. The molecule has 7 heteroatoms. The van der Waals surface area contributed by atoms with Crippen LogP contribution in [0.5, 0.6) is 11.5 Å². The number of pyridine rings is 1. The molecule has 1 aliphatic rings. The zero-order valence-corrected chi connectivity index (χ0v) is 15.5. The first-order chi connectivity index (χ1) is 13.1. The fourth-order valence-electron chi connectivity index (χ4n) is 2.87. The van der Waals surface area contributed by atoms with Crippen molar-refractivity contribution in [2.24, 2.45) is 5.41 Å². The van der Waals surface area contributed by atoms with Crippen molar-refractivity contribution in [2.75, 3.05) is 14.2 Å². The van der Waals surface area contributed by atoms with Crippen LogP contribution in [0.4, 0.5) is 0 Å². The Hall–Kier alpha value is -3.09. The molecular formula is C20H23N3O4. The summed E-state index contributed by atoms with van der Waals surface area (Å²) < 4.78 is 10.5. The second kappa shape index (κ2) is 8.07. The van der Waals surface area contributed by atoms with Gasteiger partial charge in [0.15, 0.2) is 11.5 Å². The number of hydrogen-bond donors (Lipinski definition) is 2. The van der Waals surface area contributed by atoms with E-state index in [1.807, 2.05) is 24.3 Å². The summed E-state index contributed by atoms with van der Waals surface area (Å²) in [6, 6.07) is 10.9. The molecule has 0 bridgehead atoms. The quantitative estimate of drug-likeness (QED) is 0.693. The van der Waals surface area contributed by atoms with Gasteiger partial charge in [-0.3, -0.25) is 14.6 Å². The van der Waals surface area contributed by atoms with Gasteiger partial charge in [-0.1, -0.05) is 12.1 Å². The fourth-order valence-corrected chi connectivity index (χ4v) is 2.87. The second-order valence-electron chi connectivity index (χ2n) is 6.46. The summed E-state index contributed by atoms with van der Waals surface area (Å²) in [7, 11) is 3.13. The van der Waals surface area contributed by atoms with Crippen molar-refractivity contribution < 1.29 is 19.1 Å². The summed E-state index contributed by atoms with van der Waals surface area (Å²) in [4.78, 5) is 29.3. The number of rotatable bonds is 8. The molecule has 1 saturated carbocycles. The number of carbonyl (C=O) groups excluding carboxylic acids is 2. The number of nitrogens with zero attached hydrogens (tertiary/aromatic N) is 1. The Morgan fingerprint density at radius 3 is 2.30 bits per heavy atom. The molecule has 0 aliphatic heterocycles. The van der Waals surface area contributed by atoms with Crippen LogP contribution in [0.3, 0.4) is 0 Å². The molecule has 0 radical (unpaired) electrons. The van der Waals surface area contributed by atoms with Gasteiger partial charge in [-0.2, -0.15) is 0 Å². The third kappa shape index (κ3) is 4.19. The smallest absolute Gasteiger partial charge is 0.236 e. The predicted molar refractivity (Wildman–Crippen MR) is 99.1 cm³/mol. The van der Waals surface area contributed by atoms with Gasteiger partial charge in [0.2, 0.25) is 11.8 Å². The summed E-state index contributed by atoms with van der Waals surface area (Å²) >= 11 is 0. The minimum Gasteiger partial charge on any atom is -0.493 e. The van der Waals surface area contributed by atoms with Crippen molar-refractivity contribution in [3.8, 4) is 11.5 Å². The van der Waals surface area contributed by atoms with Crippen LogP contribution in [-0.4, -0.2) is 31.0 Å². The summed E-state index contributed by atoms with van der Waals surface area (Å²) in [6.45, 7) is 0.624. The lowest BCUT2D eigenvalue weighted by Crippen LogP contribution is -2.42. The normalized spacial score (nSPS) is 14.1. The van der Waals surface area contributed by atoms with Crippen LogP contribution in [0.25, 0.3) is 0 Å². The molecule has 1 aromatic carbocycles. The number of aromatic nitrogens is 1. The maximum absolute atomic E-state index is 12.6. The highest BCUT2D eigenvalue weighted by Crippen LogP contribution is 2.46. The van der Waals surface area contributed by atoms with Gasteiger partial charge in [-0.05, 0) is 42.7 Å². The van der Waals surface area contributed by atoms with E-state index in [0.717, 1.165) is 11.3 Å². The average molecular weight is 369 g/mol. The lowest BCUT2D eigenvalue weighted by molar-refractivity contribution is -0.137. The van der Waals surface area contributed by atoms with Crippen molar-refractivity contribution in [2.45, 2.75) is 25.9 Å². The van der Waals surface area contributed by atoms with Crippen molar-refractivity contribution in [3.05, 3.63) is 53.9 Å². The Bertz CT molecular complexity index is 819. The van der Waals surface area contributed by atoms with E-state index >= 15 is 0 Å². The molecule has 0 unspecified atom stereocenters. The van der Waals surface area contributed by atoms with E-state index in [1.165, 1.54) is 0 Å². The average Bonchev–Trinajstić information content (AvgIpc) is 3.53. The van der Waals surface area contributed by atoms with Crippen molar-refractivity contribution in [3.63, 3.8) is 0 Å². The topological polar surface area (TPSA) is 89.5 Å². The molecule has 0 atom stereocenters. The van der Waals surface area contributed by atoms with Crippen LogP contribution < -0.4 is 20.1 Å². The first-order valence-corrected chi connectivity index (χ1v) is 8.76. The van der Waals surface area contributed by atoms with Crippen LogP contribution in [0.1, 0.15) is 24.1 Å². The van der Waals surface area contributed by atoms with E-state index in [9.17, 15) is 9.59 Å². The zero-order valence-electron chi connectivity index (χ0n) is 15.5. The summed E-state index contributed by atoms with van der Waals surface area (Å²) in [5, 5.41) is 5.67. The van der Waals surface area contributed by atoms with E-state index in [0.29, 0.717) is 37.4 Å². The van der Waals surface area contributed by atoms with Gasteiger partial charge in [0.25, 0.3) is 0 Å². The van der Waals surface area contributed by atoms with Gasteiger partial charge >= 0.3 is 0 Å². The standard InChI is InChI=1S/C20H23N3O4/c1-26-16-7-6-14(11-17(16)27-2)12-22-18(24)20(8-9-20)19(25)23-13-15-5-3-4-10-21-15/h3-7,10-11H,8-9,12-13H2,1-2H3,(H,22,24)(H,23,25). The van der Waals surface area contributed by atoms with Gasteiger partial charge in [-0.15, -0.1) is 0 Å². The van der Waals surface area contributed by atoms with Gasteiger partial charge in [-0.25, -0.2) is 0 Å². The van der Waals surface area contributed by atoms with E-state index in [-0.39, 0.29) is 11.8 Å². The number of ether oxygens (including phenoxy) is 2. The monoisotopic (exact) mass is 369 g/mol. The predicted octanol–water partition coefficient (Wildman–Crippen LogP) is 1.81. The largest absolute Gasteiger partial charge is 0.493 e. The molecule has 0 spiro atoms. The molecule has 142 valence electrons. The van der Waals surface area contributed by atoms with Crippen LogP contribution in [0, 0.1) is 5.41 Å². The van der Waals surface area contributed by atoms with Crippen molar-refractivity contribution in [1.82, 2.24) is 15.6 Å². The highest BCUT2D eigenvalue weighted by atomic mass is 16.5. The second-order valence-corrected chi connectivity index (χ2v) is 6.46. The van der Waals surface area contributed by atoms with Crippen LogP contribution in [0.2, 0.25) is 0 Å². The lowest BCUT2D eigenvalue weighted by atomic mass is 10.0. The molecular weight excluding hydrogens is 346 g/mol. The fraction of sp³-hybridized carbons (Fsp3) is 0.350. The Labute approximate surface area is 158 Å². The highest BCUT2D eigenvalue weighted by molar-refractivity contribution is 6.07. The molecule has 27 heavy (non-hydrogen) atoms. The Kier molecular flexibility index (Phi) is 5.59. The number of carbonyl (C=O) groups is 2. The Morgan fingerprint density at radius 1 is 1.00 bits per heavy atom. The van der Waals surface area contributed by atoms with Crippen LogP contribution in [-0.2, 0) is 22.7 Å². The molecule has 1 heterocycles.